The van der Waals surface area contributed by atoms with Crippen LogP contribution in [-0.2, 0) is 0 Å². The van der Waals surface area contributed by atoms with Crippen molar-refractivity contribution in [1.29, 1.82) is 0 Å². The zero-order chi connectivity index (χ0) is 10.4. The minimum atomic E-state index is -0.756. The van der Waals surface area contributed by atoms with E-state index in [1.54, 1.807) is 0 Å². The third kappa shape index (κ3) is 1.66. The lowest BCUT2D eigenvalue weighted by atomic mass is 10.4. The van der Waals surface area contributed by atoms with Crippen molar-refractivity contribution < 1.29 is 4.39 Å². The molecule has 0 spiro atoms. The lowest BCUT2D eigenvalue weighted by Gasteiger charge is -2.04. The van der Waals surface area contributed by atoms with E-state index in [0.29, 0.717) is 12.2 Å². The van der Waals surface area contributed by atoms with E-state index < -0.39 is 6.17 Å². The third-order valence-electron chi connectivity index (χ3n) is 2.31. The molecule has 0 radical (unpaired) electrons. The molecule has 15 heavy (non-hydrogen) atoms. The Kier molecular flexibility index (Phi) is 2.03. The highest BCUT2D eigenvalue weighted by molar-refractivity contribution is 7.17. The molecule has 0 aliphatic heterocycles. The zero-order valence-corrected chi connectivity index (χ0v) is 9.15. The van der Waals surface area contributed by atoms with Gasteiger partial charge in [0.1, 0.15) is 12.0 Å². The second-order valence-electron chi connectivity index (χ2n) is 3.48. The standard InChI is InChI=1S/C9H7ClFN3S/c10-9-13-5-1-2-15-7(5)8(14-9)12-6-3-4(6)11/h1-2,4,6H,3H2,(H,12,13,14)/t4-,6+/m0/s1. The van der Waals surface area contributed by atoms with Crippen LogP contribution in [0, 0.1) is 0 Å². The lowest BCUT2D eigenvalue weighted by Crippen LogP contribution is -2.06. The smallest absolute Gasteiger partial charge is 0.224 e. The summed E-state index contributed by atoms with van der Waals surface area (Å²) in [5, 5.41) is 5.15. The predicted octanol–water partition coefficient (Wildman–Crippen LogP) is 2.87. The fourth-order valence-electron chi connectivity index (χ4n) is 1.42. The van der Waals surface area contributed by atoms with Crippen molar-refractivity contribution in [3.63, 3.8) is 0 Å². The monoisotopic (exact) mass is 243 g/mol. The Balaban J connectivity index is 2.03. The molecule has 3 rings (SSSR count). The van der Waals surface area contributed by atoms with Gasteiger partial charge in [0.25, 0.3) is 0 Å². The molecule has 0 unspecified atom stereocenters. The molecule has 1 aliphatic carbocycles. The highest BCUT2D eigenvalue weighted by atomic mass is 35.5. The van der Waals surface area contributed by atoms with Crippen LogP contribution >= 0.6 is 22.9 Å². The van der Waals surface area contributed by atoms with Crippen molar-refractivity contribution in [1.82, 2.24) is 9.97 Å². The molecular weight excluding hydrogens is 237 g/mol. The zero-order valence-electron chi connectivity index (χ0n) is 7.58. The van der Waals surface area contributed by atoms with Crippen molar-refractivity contribution in [3.8, 4) is 0 Å². The molecule has 0 aromatic carbocycles. The normalized spacial score (nSPS) is 24.4. The average molecular weight is 244 g/mol. The van der Waals surface area contributed by atoms with E-state index >= 15 is 0 Å². The number of hydrogen-bond acceptors (Lipinski definition) is 4. The Morgan fingerprint density at radius 2 is 2.33 bits per heavy atom. The van der Waals surface area contributed by atoms with Gasteiger partial charge in [0, 0.05) is 6.42 Å². The highest BCUT2D eigenvalue weighted by Crippen LogP contribution is 2.33. The minimum Gasteiger partial charge on any atom is -0.363 e. The molecule has 1 aliphatic rings. The number of nitrogens with zero attached hydrogens (tertiary/aromatic N) is 2. The quantitative estimate of drug-likeness (QED) is 0.825. The number of hydrogen-bond donors (Lipinski definition) is 1. The van der Waals surface area contributed by atoms with Crippen LogP contribution < -0.4 is 5.32 Å². The van der Waals surface area contributed by atoms with Crippen LogP contribution in [0.1, 0.15) is 6.42 Å². The summed E-state index contributed by atoms with van der Waals surface area (Å²) in [6, 6.07) is 1.76. The largest absolute Gasteiger partial charge is 0.363 e. The molecule has 1 N–H and O–H groups in total. The summed E-state index contributed by atoms with van der Waals surface area (Å²) in [4.78, 5) is 8.15. The number of rotatable bonds is 2. The Morgan fingerprint density at radius 3 is 3.07 bits per heavy atom. The Morgan fingerprint density at radius 1 is 1.53 bits per heavy atom. The molecule has 2 aromatic heterocycles. The van der Waals surface area contributed by atoms with Crippen LogP contribution in [0.2, 0.25) is 5.28 Å². The predicted molar refractivity (Wildman–Crippen MR) is 59.3 cm³/mol. The molecule has 2 heterocycles. The summed E-state index contributed by atoms with van der Waals surface area (Å²) in [6.07, 6.45) is -0.206. The molecule has 3 nitrogen and oxygen atoms in total. The fourth-order valence-corrected chi connectivity index (χ4v) is 2.38. The van der Waals surface area contributed by atoms with Crippen LogP contribution in [0.15, 0.2) is 11.4 Å². The van der Waals surface area contributed by atoms with E-state index in [1.165, 1.54) is 11.3 Å². The number of aromatic nitrogens is 2. The second-order valence-corrected chi connectivity index (χ2v) is 4.73. The van der Waals surface area contributed by atoms with Gasteiger partial charge in [0.05, 0.1) is 16.3 Å². The average Bonchev–Trinajstić information content (AvgIpc) is 2.71. The van der Waals surface area contributed by atoms with Crippen LogP contribution in [0.4, 0.5) is 10.2 Å². The van der Waals surface area contributed by atoms with Gasteiger partial charge in [-0.2, -0.15) is 4.98 Å². The molecule has 0 saturated heterocycles. The van der Waals surface area contributed by atoms with E-state index in [4.69, 9.17) is 11.6 Å². The molecule has 1 saturated carbocycles. The van der Waals surface area contributed by atoms with Gasteiger partial charge in [-0.15, -0.1) is 11.3 Å². The number of halogens is 2. The van der Waals surface area contributed by atoms with Crippen molar-refractivity contribution in [2.75, 3.05) is 5.32 Å². The SMILES string of the molecule is F[C@H]1C[C@H]1Nc1nc(Cl)nc2ccsc12. The summed E-state index contributed by atoms with van der Waals surface area (Å²) < 4.78 is 13.7. The summed E-state index contributed by atoms with van der Waals surface area (Å²) in [7, 11) is 0. The van der Waals surface area contributed by atoms with Crippen molar-refractivity contribution in [2.45, 2.75) is 18.6 Å². The molecule has 6 heteroatoms. The van der Waals surface area contributed by atoms with Crippen molar-refractivity contribution in [3.05, 3.63) is 16.7 Å². The first-order chi connectivity index (χ1) is 7.24. The topological polar surface area (TPSA) is 37.8 Å². The van der Waals surface area contributed by atoms with Gasteiger partial charge in [0.2, 0.25) is 5.28 Å². The molecular formula is C9H7ClFN3S. The first-order valence-electron chi connectivity index (χ1n) is 4.55. The van der Waals surface area contributed by atoms with E-state index in [9.17, 15) is 4.39 Å². The van der Waals surface area contributed by atoms with Gasteiger partial charge in [-0.25, -0.2) is 9.37 Å². The van der Waals surface area contributed by atoms with Gasteiger partial charge < -0.3 is 5.32 Å². The van der Waals surface area contributed by atoms with Crippen molar-refractivity contribution in [2.24, 2.45) is 0 Å². The number of alkyl halides is 1. The highest BCUT2D eigenvalue weighted by Gasteiger charge is 2.38. The summed E-state index contributed by atoms with van der Waals surface area (Å²) in [5.74, 6) is 0.644. The van der Waals surface area contributed by atoms with Crippen LogP contribution in [-0.4, -0.2) is 22.2 Å². The van der Waals surface area contributed by atoms with Gasteiger partial charge in [-0.1, -0.05) is 0 Å². The molecule has 78 valence electrons. The van der Waals surface area contributed by atoms with Gasteiger partial charge in [-0.3, -0.25) is 0 Å². The molecule has 0 bridgehead atoms. The summed E-state index contributed by atoms with van der Waals surface area (Å²) in [5.41, 5.74) is 0.804. The molecule has 2 aromatic rings. The van der Waals surface area contributed by atoms with Crippen LogP contribution in [0.5, 0.6) is 0 Å². The number of fused-ring (bicyclic) bond motifs is 1. The first kappa shape index (κ1) is 9.30. The second kappa shape index (κ2) is 3.28. The van der Waals surface area contributed by atoms with Crippen LogP contribution in [0.25, 0.3) is 10.2 Å². The Hall–Kier alpha value is -0.940. The number of nitrogens with one attached hydrogen (secondary N) is 1. The minimum absolute atomic E-state index is 0.110. The maximum absolute atomic E-state index is 12.8. The fraction of sp³-hybridized carbons (Fsp3) is 0.333. The maximum atomic E-state index is 12.8. The van der Waals surface area contributed by atoms with E-state index in [0.717, 1.165) is 10.2 Å². The Bertz CT molecular complexity index is 515. The van der Waals surface area contributed by atoms with E-state index in [2.05, 4.69) is 15.3 Å². The first-order valence-corrected chi connectivity index (χ1v) is 5.81. The molecule has 0 amide bonds. The lowest BCUT2D eigenvalue weighted by molar-refractivity contribution is 0.472. The van der Waals surface area contributed by atoms with Gasteiger partial charge in [0.15, 0.2) is 0 Å². The van der Waals surface area contributed by atoms with Crippen molar-refractivity contribution >= 4 is 39.0 Å². The third-order valence-corrected chi connectivity index (χ3v) is 3.39. The number of anilines is 1. The molecule has 2 atom stereocenters. The molecule has 1 fully saturated rings. The maximum Gasteiger partial charge on any atom is 0.224 e. The number of thiophene rings is 1. The van der Waals surface area contributed by atoms with E-state index in [-0.39, 0.29) is 11.3 Å². The Labute approximate surface area is 94.3 Å². The van der Waals surface area contributed by atoms with Gasteiger partial charge >= 0.3 is 0 Å². The van der Waals surface area contributed by atoms with Crippen LogP contribution in [0.3, 0.4) is 0 Å². The summed E-state index contributed by atoms with van der Waals surface area (Å²) >= 11 is 7.29. The van der Waals surface area contributed by atoms with Gasteiger partial charge in [-0.05, 0) is 23.0 Å². The van der Waals surface area contributed by atoms with E-state index in [1.807, 2.05) is 11.4 Å². The summed E-state index contributed by atoms with van der Waals surface area (Å²) in [6.45, 7) is 0.